The van der Waals surface area contributed by atoms with E-state index in [9.17, 15) is 0 Å². The fourth-order valence-electron chi connectivity index (χ4n) is 2.13. The Morgan fingerprint density at radius 1 is 1.53 bits per heavy atom. The van der Waals surface area contributed by atoms with Crippen LogP contribution in [0.15, 0.2) is 23.4 Å². The second-order valence-corrected chi connectivity index (χ2v) is 6.45. The molecule has 2 rings (SSSR count). The predicted molar refractivity (Wildman–Crippen MR) is 80.5 cm³/mol. The van der Waals surface area contributed by atoms with Gasteiger partial charge in [0.05, 0.1) is 6.10 Å². The first kappa shape index (κ1) is 14.8. The summed E-state index contributed by atoms with van der Waals surface area (Å²) >= 11 is 1.83. The molecule has 1 N–H and O–H groups in total. The van der Waals surface area contributed by atoms with E-state index < -0.39 is 0 Å². The van der Waals surface area contributed by atoms with Gasteiger partial charge in [0.2, 0.25) is 0 Å². The van der Waals surface area contributed by atoms with Crippen molar-refractivity contribution in [1.82, 2.24) is 10.3 Å². The lowest BCUT2D eigenvalue weighted by molar-refractivity contribution is 0.129. The topological polar surface area (TPSA) is 34.2 Å². The minimum atomic E-state index is 0.420. The van der Waals surface area contributed by atoms with Gasteiger partial charge in [-0.25, -0.2) is 4.98 Å². The van der Waals surface area contributed by atoms with Crippen LogP contribution in [0.3, 0.4) is 0 Å². The Kier molecular flexibility index (Phi) is 6.14. The molecule has 0 radical (unpaired) electrons. The van der Waals surface area contributed by atoms with Gasteiger partial charge < -0.3 is 10.1 Å². The molecule has 3 nitrogen and oxygen atoms in total. The highest BCUT2D eigenvalue weighted by Gasteiger charge is 2.16. The SMILES string of the molecule is CC(C)CNCc1cccnc1SCC1CCCO1. The van der Waals surface area contributed by atoms with Gasteiger partial charge in [0, 0.05) is 25.1 Å². The normalized spacial score (nSPS) is 19.2. The first-order valence-corrected chi connectivity index (χ1v) is 8.13. The molecule has 2 heterocycles. The summed E-state index contributed by atoms with van der Waals surface area (Å²) in [5.74, 6) is 1.70. The van der Waals surface area contributed by atoms with Crippen LogP contribution < -0.4 is 5.32 Å². The van der Waals surface area contributed by atoms with E-state index in [4.69, 9.17) is 4.74 Å². The summed E-state index contributed by atoms with van der Waals surface area (Å²) in [6.45, 7) is 7.33. The monoisotopic (exact) mass is 280 g/mol. The fraction of sp³-hybridized carbons (Fsp3) is 0.667. The molecule has 1 fully saturated rings. The first-order chi connectivity index (χ1) is 9.25. The van der Waals surface area contributed by atoms with E-state index in [1.54, 1.807) is 0 Å². The molecule has 1 aliphatic heterocycles. The number of ether oxygens (including phenoxy) is 1. The van der Waals surface area contributed by atoms with Gasteiger partial charge in [0.1, 0.15) is 5.03 Å². The molecule has 1 aliphatic rings. The van der Waals surface area contributed by atoms with Gasteiger partial charge in [-0.1, -0.05) is 19.9 Å². The molecule has 0 bridgehead atoms. The molecular weight excluding hydrogens is 256 g/mol. The molecule has 0 spiro atoms. The largest absolute Gasteiger partial charge is 0.377 e. The summed E-state index contributed by atoms with van der Waals surface area (Å²) in [7, 11) is 0. The summed E-state index contributed by atoms with van der Waals surface area (Å²) in [5.41, 5.74) is 1.30. The minimum absolute atomic E-state index is 0.420. The van der Waals surface area contributed by atoms with Crippen LogP contribution in [-0.2, 0) is 11.3 Å². The van der Waals surface area contributed by atoms with E-state index in [1.165, 1.54) is 18.4 Å². The van der Waals surface area contributed by atoms with Crippen molar-refractivity contribution in [3.05, 3.63) is 23.9 Å². The zero-order valence-corrected chi connectivity index (χ0v) is 12.7. The molecule has 0 aliphatic carbocycles. The van der Waals surface area contributed by atoms with Crippen LogP contribution in [0.5, 0.6) is 0 Å². The van der Waals surface area contributed by atoms with E-state index in [1.807, 2.05) is 24.0 Å². The van der Waals surface area contributed by atoms with Gasteiger partial charge in [-0.15, -0.1) is 11.8 Å². The molecule has 19 heavy (non-hydrogen) atoms. The Bertz CT molecular complexity index is 378. The van der Waals surface area contributed by atoms with Crippen LogP contribution in [0.1, 0.15) is 32.3 Å². The van der Waals surface area contributed by atoms with Crippen molar-refractivity contribution < 1.29 is 4.74 Å². The third kappa shape index (κ3) is 5.13. The second-order valence-electron chi connectivity index (χ2n) is 5.44. The summed E-state index contributed by atoms with van der Waals surface area (Å²) in [5, 5.41) is 4.63. The Morgan fingerprint density at radius 3 is 3.16 bits per heavy atom. The molecule has 106 valence electrons. The van der Waals surface area contributed by atoms with Crippen molar-refractivity contribution in [2.75, 3.05) is 18.9 Å². The third-order valence-electron chi connectivity index (χ3n) is 3.15. The van der Waals surface area contributed by atoms with E-state index in [-0.39, 0.29) is 0 Å². The van der Waals surface area contributed by atoms with Crippen LogP contribution in [0.25, 0.3) is 0 Å². The van der Waals surface area contributed by atoms with Crippen molar-refractivity contribution in [3.8, 4) is 0 Å². The zero-order valence-electron chi connectivity index (χ0n) is 11.9. The maximum Gasteiger partial charge on any atom is 0.101 e. The van der Waals surface area contributed by atoms with Crippen LogP contribution >= 0.6 is 11.8 Å². The van der Waals surface area contributed by atoms with Gasteiger partial charge in [0.25, 0.3) is 0 Å². The van der Waals surface area contributed by atoms with Gasteiger partial charge in [-0.2, -0.15) is 0 Å². The Hall–Kier alpha value is -0.580. The Balaban J connectivity index is 1.84. The van der Waals surface area contributed by atoms with Gasteiger partial charge in [-0.05, 0) is 36.9 Å². The predicted octanol–water partition coefficient (Wildman–Crippen LogP) is 3.10. The zero-order chi connectivity index (χ0) is 13.5. The average molecular weight is 280 g/mol. The van der Waals surface area contributed by atoms with E-state index in [0.717, 1.165) is 30.5 Å². The minimum Gasteiger partial charge on any atom is -0.377 e. The lowest BCUT2D eigenvalue weighted by Crippen LogP contribution is -2.19. The van der Waals surface area contributed by atoms with Crippen LogP contribution in [0.4, 0.5) is 0 Å². The maximum absolute atomic E-state index is 5.66. The summed E-state index contributed by atoms with van der Waals surface area (Å²) in [4.78, 5) is 4.50. The molecular formula is C15H24N2OS. The fourth-order valence-corrected chi connectivity index (χ4v) is 3.20. The standard InChI is InChI=1S/C15H24N2OS/c1-12(2)9-16-10-13-5-3-7-17-15(13)19-11-14-6-4-8-18-14/h3,5,7,12,14,16H,4,6,8-11H2,1-2H3. The quantitative estimate of drug-likeness (QED) is 0.778. The van der Waals surface area contributed by atoms with Crippen molar-refractivity contribution in [1.29, 1.82) is 0 Å². The highest BCUT2D eigenvalue weighted by Crippen LogP contribution is 2.24. The highest BCUT2D eigenvalue weighted by molar-refractivity contribution is 7.99. The number of hydrogen-bond acceptors (Lipinski definition) is 4. The van der Waals surface area contributed by atoms with Crippen LogP contribution in [-0.4, -0.2) is 30.0 Å². The number of nitrogens with one attached hydrogen (secondary N) is 1. The molecule has 0 saturated carbocycles. The van der Waals surface area contributed by atoms with Crippen molar-refractivity contribution in [3.63, 3.8) is 0 Å². The highest BCUT2D eigenvalue weighted by atomic mass is 32.2. The molecule has 1 saturated heterocycles. The van der Waals surface area contributed by atoms with Crippen LogP contribution in [0, 0.1) is 5.92 Å². The number of nitrogens with zero attached hydrogens (tertiary/aromatic N) is 1. The lowest BCUT2D eigenvalue weighted by Gasteiger charge is -2.12. The number of hydrogen-bond donors (Lipinski definition) is 1. The number of aromatic nitrogens is 1. The third-order valence-corrected chi connectivity index (χ3v) is 4.33. The average Bonchev–Trinajstić information content (AvgIpc) is 2.90. The van der Waals surface area contributed by atoms with Gasteiger partial charge in [-0.3, -0.25) is 0 Å². The Labute approximate surface area is 120 Å². The lowest BCUT2D eigenvalue weighted by atomic mass is 10.2. The molecule has 0 aromatic carbocycles. The van der Waals surface area contributed by atoms with E-state index in [0.29, 0.717) is 12.0 Å². The van der Waals surface area contributed by atoms with Gasteiger partial charge >= 0.3 is 0 Å². The number of pyridine rings is 1. The summed E-state index contributed by atoms with van der Waals surface area (Å²) in [6, 6.07) is 4.18. The van der Waals surface area contributed by atoms with Crippen molar-refractivity contribution >= 4 is 11.8 Å². The Morgan fingerprint density at radius 2 is 2.42 bits per heavy atom. The first-order valence-electron chi connectivity index (χ1n) is 7.14. The van der Waals surface area contributed by atoms with E-state index in [2.05, 4.69) is 30.2 Å². The van der Waals surface area contributed by atoms with Crippen molar-refractivity contribution in [2.24, 2.45) is 5.92 Å². The smallest absolute Gasteiger partial charge is 0.101 e. The molecule has 4 heteroatoms. The summed E-state index contributed by atoms with van der Waals surface area (Å²) in [6.07, 6.45) is 4.70. The molecule has 0 amide bonds. The van der Waals surface area contributed by atoms with Crippen molar-refractivity contribution in [2.45, 2.75) is 44.4 Å². The number of thioether (sulfide) groups is 1. The molecule has 1 atom stereocenters. The van der Waals surface area contributed by atoms with Gasteiger partial charge in [0.15, 0.2) is 0 Å². The molecule has 1 unspecified atom stereocenters. The molecule has 1 aromatic heterocycles. The maximum atomic E-state index is 5.66. The van der Waals surface area contributed by atoms with Crippen LogP contribution in [0.2, 0.25) is 0 Å². The second kappa shape index (κ2) is 7.88. The molecule has 1 aromatic rings. The number of rotatable bonds is 7. The summed E-state index contributed by atoms with van der Waals surface area (Å²) < 4.78 is 5.66. The van der Waals surface area contributed by atoms with E-state index >= 15 is 0 Å².